The van der Waals surface area contributed by atoms with Crippen molar-refractivity contribution in [3.05, 3.63) is 0 Å². The summed E-state index contributed by atoms with van der Waals surface area (Å²) in [6, 6.07) is 0. The van der Waals surface area contributed by atoms with E-state index in [-0.39, 0.29) is 5.91 Å². The summed E-state index contributed by atoms with van der Waals surface area (Å²) >= 11 is 0. The van der Waals surface area contributed by atoms with Crippen LogP contribution < -0.4 is 5.32 Å². The van der Waals surface area contributed by atoms with E-state index in [1.165, 1.54) is 19.3 Å². The van der Waals surface area contributed by atoms with Gasteiger partial charge in [-0.3, -0.25) is 4.79 Å². The normalized spacial score (nSPS) is 34.1. The van der Waals surface area contributed by atoms with Crippen molar-refractivity contribution in [3.8, 4) is 12.3 Å². The molecule has 0 spiro atoms. The molecular weight excluding hydrogens is 174 g/mol. The first-order valence-corrected chi connectivity index (χ1v) is 5.52. The number of hydrogen-bond acceptors (Lipinski definition) is 1. The van der Waals surface area contributed by atoms with Crippen molar-refractivity contribution in [2.45, 2.75) is 32.1 Å². The number of hydrogen-bond donors (Lipinski definition) is 1. The molecule has 2 fully saturated rings. The second kappa shape index (κ2) is 4.04. The van der Waals surface area contributed by atoms with Gasteiger partial charge in [0.15, 0.2) is 0 Å². The maximum absolute atomic E-state index is 11.7. The summed E-state index contributed by atoms with van der Waals surface area (Å²) < 4.78 is 0. The molecule has 0 heterocycles. The van der Waals surface area contributed by atoms with Crippen molar-refractivity contribution in [2.75, 3.05) is 6.54 Å². The summed E-state index contributed by atoms with van der Waals surface area (Å²) in [5.41, 5.74) is 0. The highest BCUT2D eigenvalue weighted by molar-refractivity contribution is 5.79. The molecule has 2 aliphatic rings. The Balaban J connectivity index is 1.79. The Kier molecular flexibility index (Phi) is 2.77. The minimum Gasteiger partial charge on any atom is -0.355 e. The van der Waals surface area contributed by atoms with Crippen LogP contribution in [0.2, 0.25) is 0 Å². The fourth-order valence-corrected chi connectivity index (χ4v) is 2.95. The van der Waals surface area contributed by atoms with Crippen LogP contribution in [0.25, 0.3) is 0 Å². The summed E-state index contributed by atoms with van der Waals surface area (Å²) in [5, 5.41) is 2.93. The quantitative estimate of drug-likeness (QED) is 0.532. The molecule has 14 heavy (non-hydrogen) atoms. The molecule has 2 bridgehead atoms. The summed E-state index contributed by atoms with van der Waals surface area (Å²) in [5.74, 6) is 4.58. The Morgan fingerprint density at radius 2 is 2.29 bits per heavy atom. The Bertz CT molecular complexity index is 266. The topological polar surface area (TPSA) is 29.1 Å². The third kappa shape index (κ3) is 1.77. The lowest BCUT2D eigenvalue weighted by Crippen LogP contribution is -2.34. The van der Waals surface area contributed by atoms with Gasteiger partial charge < -0.3 is 5.32 Å². The SMILES string of the molecule is C#CCCNC(=O)C1CC2CCC1C2. The van der Waals surface area contributed by atoms with Crippen LogP contribution in [0.4, 0.5) is 0 Å². The van der Waals surface area contributed by atoms with Crippen LogP contribution in [-0.4, -0.2) is 12.5 Å². The minimum absolute atomic E-state index is 0.243. The number of carbonyl (C=O) groups excluding carboxylic acids is 1. The fourth-order valence-electron chi connectivity index (χ4n) is 2.95. The van der Waals surface area contributed by atoms with E-state index in [4.69, 9.17) is 6.42 Å². The fraction of sp³-hybridized carbons (Fsp3) is 0.750. The van der Waals surface area contributed by atoms with E-state index >= 15 is 0 Å². The predicted molar refractivity (Wildman–Crippen MR) is 55.4 cm³/mol. The van der Waals surface area contributed by atoms with Crippen LogP contribution in [0, 0.1) is 30.1 Å². The number of nitrogens with one attached hydrogen (secondary N) is 1. The Morgan fingerprint density at radius 1 is 1.43 bits per heavy atom. The van der Waals surface area contributed by atoms with Gasteiger partial charge in [-0.15, -0.1) is 12.3 Å². The second-order valence-electron chi connectivity index (χ2n) is 4.53. The van der Waals surface area contributed by atoms with Gasteiger partial charge in [-0.1, -0.05) is 6.42 Å². The van der Waals surface area contributed by atoms with Crippen molar-refractivity contribution in [3.63, 3.8) is 0 Å². The monoisotopic (exact) mass is 191 g/mol. The maximum Gasteiger partial charge on any atom is 0.223 e. The van der Waals surface area contributed by atoms with Gasteiger partial charge in [-0.2, -0.15) is 0 Å². The molecule has 0 radical (unpaired) electrons. The van der Waals surface area contributed by atoms with Crippen LogP contribution >= 0.6 is 0 Å². The smallest absolute Gasteiger partial charge is 0.223 e. The molecule has 76 valence electrons. The predicted octanol–water partition coefficient (Wildman–Crippen LogP) is 1.56. The van der Waals surface area contributed by atoms with E-state index in [1.807, 2.05) is 0 Å². The van der Waals surface area contributed by atoms with Crippen LogP contribution in [0.15, 0.2) is 0 Å². The van der Waals surface area contributed by atoms with E-state index in [0.717, 1.165) is 12.3 Å². The van der Waals surface area contributed by atoms with E-state index in [9.17, 15) is 4.79 Å². The standard InChI is InChI=1S/C12H17NO/c1-2-3-6-13-12(14)11-8-9-4-5-10(11)7-9/h1,9-11H,3-8H2,(H,13,14). The van der Waals surface area contributed by atoms with Crippen molar-refractivity contribution in [2.24, 2.45) is 17.8 Å². The van der Waals surface area contributed by atoms with Crippen molar-refractivity contribution < 1.29 is 4.79 Å². The highest BCUT2D eigenvalue weighted by atomic mass is 16.1. The Morgan fingerprint density at radius 3 is 2.86 bits per heavy atom. The summed E-state index contributed by atoms with van der Waals surface area (Å²) in [4.78, 5) is 11.7. The van der Waals surface area contributed by atoms with E-state index in [0.29, 0.717) is 24.8 Å². The molecule has 2 saturated carbocycles. The molecule has 0 aromatic rings. The summed E-state index contributed by atoms with van der Waals surface area (Å²) in [6.07, 6.45) is 10.8. The molecular formula is C12H17NO. The molecule has 3 atom stereocenters. The van der Waals surface area contributed by atoms with E-state index in [2.05, 4.69) is 11.2 Å². The molecule has 3 unspecified atom stereocenters. The van der Waals surface area contributed by atoms with Gasteiger partial charge >= 0.3 is 0 Å². The first-order valence-electron chi connectivity index (χ1n) is 5.52. The number of rotatable bonds is 3. The number of terminal acetylenes is 1. The molecule has 0 aliphatic heterocycles. The van der Waals surface area contributed by atoms with Gasteiger partial charge in [0, 0.05) is 18.9 Å². The van der Waals surface area contributed by atoms with Gasteiger partial charge in [0.25, 0.3) is 0 Å². The van der Waals surface area contributed by atoms with Gasteiger partial charge in [0.1, 0.15) is 0 Å². The molecule has 1 N–H and O–H groups in total. The van der Waals surface area contributed by atoms with Crippen LogP contribution in [0.3, 0.4) is 0 Å². The average Bonchev–Trinajstić information content (AvgIpc) is 2.79. The Hall–Kier alpha value is -0.970. The third-order valence-electron chi connectivity index (χ3n) is 3.64. The third-order valence-corrected chi connectivity index (χ3v) is 3.64. The number of fused-ring (bicyclic) bond motifs is 2. The molecule has 0 aromatic carbocycles. The highest BCUT2D eigenvalue weighted by Gasteiger charge is 2.42. The molecule has 2 heteroatoms. The lowest BCUT2D eigenvalue weighted by molar-refractivity contribution is -0.126. The first-order chi connectivity index (χ1) is 6.81. The van der Waals surface area contributed by atoms with Crippen LogP contribution in [-0.2, 0) is 4.79 Å². The second-order valence-corrected chi connectivity index (χ2v) is 4.53. The Labute approximate surface area is 85.5 Å². The van der Waals surface area contributed by atoms with E-state index < -0.39 is 0 Å². The zero-order chi connectivity index (χ0) is 9.97. The molecule has 2 nitrogen and oxygen atoms in total. The highest BCUT2D eigenvalue weighted by Crippen LogP contribution is 2.48. The average molecular weight is 191 g/mol. The minimum atomic E-state index is 0.243. The summed E-state index contributed by atoms with van der Waals surface area (Å²) in [7, 11) is 0. The largest absolute Gasteiger partial charge is 0.355 e. The van der Waals surface area contributed by atoms with Crippen LogP contribution in [0.5, 0.6) is 0 Å². The van der Waals surface area contributed by atoms with Crippen molar-refractivity contribution in [1.29, 1.82) is 0 Å². The zero-order valence-corrected chi connectivity index (χ0v) is 8.46. The zero-order valence-electron chi connectivity index (χ0n) is 8.46. The lowest BCUT2D eigenvalue weighted by atomic mass is 9.88. The maximum atomic E-state index is 11.7. The lowest BCUT2D eigenvalue weighted by Gasteiger charge is -2.20. The summed E-state index contributed by atoms with van der Waals surface area (Å²) in [6.45, 7) is 0.642. The van der Waals surface area contributed by atoms with E-state index in [1.54, 1.807) is 0 Å². The van der Waals surface area contributed by atoms with Gasteiger partial charge in [-0.05, 0) is 31.1 Å². The first kappa shape index (κ1) is 9.58. The molecule has 0 saturated heterocycles. The molecule has 1 amide bonds. The number of carbonyl (C=O) groups is 1. The van der Waals surface area contributed by atoms with Crippen molar-refractivity contribution >= 4 is 5.91 Å². The molecule has 2 rings (SSSR count). The van der Waals surface area contributed by atoms with Crippen molar-refractivity contribution in [1.82, 2.24) is 5.32 Å². The molecule has 0 aromatic heterocycles. The molecule has 2 aliphatic carbocycles. The van der Waals surface area contributed by atoms with Gasteiger partial charge in [0.05, 0.1) is 0 Å². The van der Waals surface area contributed by atoms with Gasteiger partial charge in [0.2, 0.25) is 5.91 Å². The number of amides is 1. The van der Waals surface area contributed by atoms with Gasteiger partial charge in [-0.25, -0.2) is 0 Å². The van der Waals surface area contributed by atoms with Crippen LogP contribution in [0.1, 0.15) is 32.1 Å².